The smallest absolute Gasteiger partial charge is 0.416 e. The van der Waals surface area contributed by atoms with Crippen LogP contribution in [0.4, 0.5) is 35.5 Å². The molecule has 37 heavy (non-hydrogen) atoms. The summed E-state index contributed by atoms with van der Waals surface area (Å²) in [6.45, 7) is 0.858. The second-order valence-corrected chi connectivity index (χ2v) is 8.55. The van der Waals surface area contributed by atoms with Gasteiger partial charge in [-0.15, -0.1) is 0 Å². The third-order valence-corrected chi connectivity index (χ3v) is 5.86. The van der Waals surface area contributed by atoms with Gasteiger partial charge in [-0.1, -0.05) is 23.8 Å². The molecule has 0 aliphatic heterocycles. The topological polar surface area (TPSA) is 38.8 Å². The zero-order valence-corrected chi connectivity index (χ0v) is 20.1. The van der Waals surface area contributed by atoms with Crippen LogP contribution in [0.5, 0.6) is 0 Å². The van der Waals surface area contributed by atoms with Crippen molar-refractivity contribution in [2.75, 3.05) is 14.2 Å². The molecule has 0 heterocycles. The molecule has 4 nitrogen and oxygen atoms in total. The molecule has 0 bridgehead atoms. The number of carbonyl (C=O) groups is 1. The number of benzene rings is 2. The molecule has 1 aliphatic carbocycles. The van der Waals surface area contributed by atoms with E-state index in [-0.39, 0.29) is 24.3 Å². The SMILES string of the molecule is COC(=O)N(Cc1cc(C(F)(F)F)cc(C(F)(F)F)c1)Cc1cc(F)ccc1C1=CC(C)=CCC1OC. The molecular weight excluding hydrogens is 507 g/mol. The Morgan fingerprint density at radius 2 is 1.59 bits per heavy atom. The average molecular weight is 531 g/mol. The van der Waals surface area contributed by atoms with Gasteiger partial charge in [0, 0.05) is 13.7 Å². The highest BCUT2D eigenvalue weighted by atomic mass is 19.4. The first kappa shape index (κ1) is 28.2. The maximum Gasteiger partial charge on any atom is 0.416 e. The molecule has 0 aromatic heterocycles. The van der Waals surface area contributed by atoms with Crippen molar-refractivity contribution < 1.29 is 45.0 Å². The maximum absolute atomic E-state index is 14.3. The van der Waals surface area contributed by atoms with Crippen molar-refractivity contribution in [3.63, 3.8) is 0 Å². The zero-order chi connectivity index (χ0) is 27.5. The third-order valence-electron chi connectivity index (χ3n) is 5.86. The lowest BCUT2D eigenvalue weighted by molar-refractivity contribution is -0.143. The minimum atomic E-state index is -5.05. The fourth-order valence-corrected chi connectivity index (χ4v) is 4.12. The number of halogens is 7. The molecule has 1 unspecified atom stereocenters. The van der Waals surface area contributed by atoms with Crippen LogP contribution in [-0.4, -0.2) is 31.3 Å². The zero-order valence-electron chi connectivity index (χ0n) is 20.1. The molecular formula is C26H24F7NO3. The second-order valence-electron chi connectivity index (χ2n) is 8.55. The van der Waals surface area contributed by atoms with Crippen LogP contribution in [0.2, 0.25) is 0 Å². The van der Waals surface area contributed by atoms with Crippen LogP contribution in [0.1, 0.15) is 41.2 Å². The Hall–Kier alpha value is -3.34. The van der Waals surface area contributed by atoms with Crippen LogP contribution in [-0.2, 0) is 34.9 Å². The summed E-state index contributed by atoms with van der Waals surface area (Å²) < 4.78 is 104. The van der Waals surface area contributed by atoms with Gasteiger partial charge in [-0.3, -0.25) is 4.90 Å². The monoisotopic (exact) mass is 531 g/mol. The Balaban J connectivity index is 2.05. The molecule has 0 N–H and O–H groups in total. The molecule has 0 spiro atoms. The van der Waals surface area contributed by atoms with E-state index >= 15 is 0 Å². The summed E-state index contributed by atoms with van der Waals surface area (Å²) in [5.74, 6) is -0.639. The number of nitrogens with zero attached hydrogens (tertiary/aromatic N) is 1. The van der Waals surface area contributed by atoms with Crippen molar-refractivity contribution in [2.24, 2.45) is 0 Å². The number of hydrogen-bond donors (Lipinski definition) is 0. The molecule has 1 amide bonds. The number of amides is 1. The van der Waals surface area contributed by atoms with E-state index in [4.69, 9.17) is 9.47 Å². The van der Waals surface area contributed by atoms with E-state index in [0.717, 1.165) is 23.6 Å². The van der Waals surface area contributed by atoms with Crippen LogP contribution in [0.15, 0.2) is 54.1 Å². The van der Waals surface area contributed by atoms with Gasteiger partial charge in [0.1, 0.15) is 5.82 Å². The molecule has 11 heteroatoms. The van der Waals surface area contributed by atoms with E-state index in [1.165, 1.54) is 19.2 Å². The maximum atomic E-state index is 14.3. The highest BCUT2D eigenvalue weighted by Crippen LogP contribution is 2.37. The van der Waals surface area contributed by atoms with Gasteiger partial charge in [-0.05, 0) is 65.9 Å². The van der Waals surface area contributed by atoms with Gasteiger partial charge >= 0.3 is 18.4 Å². The number of carbonyl (C=O) groups excluding carboxylic acids is 1. The fraction of sp³-hybridized carbons (Fsp3) is 0.346. The number of methoxy groups -OCH3 is 2. The summed E-state index contributed by atoms with van der Waals surface area (Å²) in [4.78, 5) is 13.5. The number of rotatable bonds is 6. The summed E-state index contributed by atoms with van der Waals surface area (Å²) in [5, 5.41) is 0. The Morgan fingerprint density at radius 3 is 2.14 bits per heavy atom. The van der Waals surface area contributed by atoms with E-state index in [9.17, 15) is 35.5 Å². The van der Waals surface area contributed by atoms with E-state index in [0.29, 0.717) is 29.7 Å². The fourth-order valence-electron chi connectivity index (χ4n) is 4.12. The number of ether oxygens (including phenoxy) is 2. The molecule has 200 valence electrons. The van der Waals surface area contributed by atoms with Gasteiger partial charge in [0.25, 0.3) is 0 Å². The Labute approximate surface area is 209 Å². The van der Waals surface area contributed by atoms with Gasteiger partial charge in [-0.2, -0.15) is 26.3 Å². The molecule has 1 atom stereocenters. The summed E-state index contributed by atoms with van der Waals surface area (Å²) >= 11 is 0. The summed E-state index contributed by atoms with van der Waals surface area (Å²) in [5.41, 5.74) is -1.02. The van der Waals surface area contributed by atoms with Gasteiger partial charge in [0.05, 0.1) is 30.9 Å². The van der Waals surface area contributed by atoms with Crippen molar-refractivity contribution >= 4 is 11.7 Å². The van der Waals surface area contributed by atoms with Crippen molar-refractivity contribution in [3.05, 3.63) is 87.8 Å². The van der Waals surface area contributed by atoms with Crippen molar-refractivity contribution in [1.29, 1.82) is 0 Å². The molecule has 0 radical (unpaired) electrons. The van der Waals surface area contributed by atoms with Gasteiger partial charge in [0.15, 0.2) is 0 Å². The summed E-state index contributed by atoms with van der Waals surface area (Å²) in [6.07, 6.45) is -7.16. The van der Waals surface area contributed by atoms with Gasteiger partial charge < -0.3 is 9.47 Å². The van der Waals surface area contributed by atoms with Crippen LogP contribution >= 0.6 is 0 Å². The molecule has 2 aromatic rings. The lowest BCUT2D eigenvalue weighted by Crippen LogP contribution is -2.31. The number of allylic oxidation sites excluding steroid dienone is 2. The summed E-state index contributed by atoms with van der Waals surface area (Å²) in [7, 11) is 2.52. The van der Waals surface area contributed by atoms with Crippen LogP contribution in [0.3, 0.4) is 0 Å². The predicted molar refractivity (Wildman–Crippen MR) is 122 cm³/mol. The molecule has 0 fully saturated rings. The Bertz CT molecular complexity index is 1180. The summed E-state index contributed by atoms with van der Waals surface area (Å²) in [6, 6.07) is 4.94. The van der Waals surface area contributed by atoms with E-state index in [2.05, 4.69) is 0 Å². The van der Waals surface area contributed by atoms with E-state index in [1.54, 1.807) is 0 Å². The normalized spacial score (nSPS) is 16.2. The largest absolute Gasteiger partial charge is 0.453 e. The Morgan fingerprint density at radius 1 is 0.973 bits per heavy atom. The highest BCUT2D eigenvalue weighted by Gasteiger charge is 2.37. The first-order valence-electron chi connectivity index (χ1n) is 11.0. The molecule has 3 rings (SSSR count). The first-order chi connectivity index (χ1) is 17.2. The number of hydrogen-bond acceptors (Lipinski definition) is 3. The standard InChI is InChI=1S/C26H24F7NO3/c1-15-4-7-23(36-2)22(8-15)21-6-5-20(27)11-17(21)14-34(24(35)37-3)13-16-9-18(25(28,29)30)12-19(10-16)26(31,32)33/h4-6,8-12,23H,7,13-14H2,1-3H3. The molecule has 0 saturated heterocycles. The van der Waals surface area contributed by atoms with Crippen LogP contribution in [0.25, 0.3) is 5.57 Å². The van der Waals surface area contributed by atoms with Crippen LogP contribution in [0, 0.1) is 5.82 Å². The van der Waals surface area contributed by atoms with Crippen LogP contribution < -0.4 is 0 Å². The quantitative estimate of drug-likeness (QED) is 0.365. The second kappa shape index (κ2) is 11.0. The predicted octanol–water partition coefficient (Wildman–Crippen LogP) is 7.38. The van der Waals surface area contributed by atoms with Gasteiger partial charge in [0.2, 0.25) is 0 Å². The molecule has 2 aromatic carbocycles. The van der Waals surface area contributed by atoms with Gasteiger partial charge in [-0.25, -0.2) is 9.18 Å². The number of alkyl halides is 6. The van der Waals surface area contributed by atoms with E-state index in [1.807, 2.05) is 19.1 Å². The average Bonchev–Trinajstić information content (AvgIpc) is 2.82. The highest BCUT2D eigenvalue weighted by molar-refractivity contribution is 5.75. The lowest BCUT2D eigenvalue weighted by atomic mass is 9.88. The minimum absolute atomic E-state index is 0.00689. The molecule has 0 saturated carbocycles. The first-order valence-corrected chi connectivity index (χ1v) is 11.0. The third kappa shape index (κ3) is 6.91. The van der Waals surface area contributed by atoms with Crippen molar-refractivity contribution in [2.45, 2.75) is 44.9 Å². The van der Waals surface area contributed by atoms with E-state index < -0.39 is 47.5 Å². The Kier molecular flexibility index (Phi) is 8.36. The molecule has 1 aliphatic rings. The minimum Gasteiger partial charge on any atom is -0.453 e. The lowest BCUT2D eigenvalue weighted by Gasteiger charge is -2.27. The van der Waals surface area contributed by atoms with Crippen molar-refractivity contribution in [1.82, 2.24) is 4.90 Å². The van der Waals surface area contributed by atoms with Crippen molar-refractivity contribution in [3.8, 4) is 0 Å².